The van der Waals surface area contributed by atoms with E-state index < -0.39 is 33.5 Å². The van der Waals surface area contributed by atoms with Crippen molar-refractivity contribution in [3.8, 4) is 5.75 Å². The minimum absolute atomic E-state index is 0.0947. The molecule has 0 radical (unpaired) electrons. The lowest BCUT2D eigenvalue weighted by atomic mass is 9.85. The summed E-state index contributed by atoms with van der Waals surface area (Å²) in [5.74, 6) is -0.280. The highest BCUT2D eigenvalue weighted by Crippen LogP contribution is 2.55. The number of ether oxygens (including phenoxy) is 3. The summed E-state index contributed by atoms with van der Waals surface area (Å²) in [6, 6.07) is 26.9. The monoisotopic (exact) mass is 637 g/mol. The topological polar surface area (TPSA) is 74.2 Å². The molecule has 3 aromatic rings. The first-order chi connectivity index (χ1) is 21.3. The minimum Gasteiger partial charge on any atom is -0.497 e. The molecule has 6 nitrogen and oxygen atoms in total. The van der Waals surface area contributed by atoms with E-state index in [1.807, 2.05) is 84.9 Å². The molecule has 234 valence electrons. The Morgan fingerprint density at radius 3 is 1.47 bits per heavy atom. The standard InChI is InChI=1S/C37H43NO5Si2/c1-41-29-20-18-28(19-21-29)38-32-33(44(2,3)4)30-22-37(23-31(30)34(32)45(5,6)7,35(39)42-24-26-14-10-8-11-15-26)36(40)43-25-27-16-12-9-13-17-27/h8-21H,22-25H2,1-7H3. The number of esters is 2. The highest BCUT2D eigenvalue weighted by atomic mass is 28.3. The van der Waals surface area contributed by atoms with Gasteiger partial charge in [-0.05, 0) is 69.8 Å². The summed E-state index contributed by atoms with van der Waals surface area (Å²) >= 11 is 0. The molecule has 3 aromatic carbocycles. The van der Waals surface area contributed by atoms with Crippen LogP contribution in [0.4, 0.5) is 5.69 Å². The lowest BCUT2D eigenvalue weighted by molar-refractivity contribution is -0.173. The zero-order valence-electron chi connectivity index (χ0n) is 27.4. The summed E-state index contributed by atoms with van der Waals surface area (Å²) < 4.78 is 17.2. The Morgan fingerprint density at radius 1 is 0.667 bits per heavy atom. The first kappa shape index (κ1) is 32.4. The minimum atomic E-state index is -2.04. The highest BCUT2D eigenvalue weighted by Gasteiger charge is 2.58. The molecular weight excluding hydrogens is 595 g/mol. The molecule has 5 rings (SSSR count). The Balaban J connectivity index is 1.61. The van der Waals surface area contributed by atoms with Crippen LogP contribution in [0, 0.1) is 5.41 Å². The van der Waals surface area contributed by atoms with E-state index in [-0.39, 0.29) is 26.1 Å². The van der Waals surface area contributed by atoms with Gasteiger partial charge in [0.15, 0.2) is 5.41 Å². The predicted octanol–water partition coefficient (Wildman–Crippen LogP) is 8.40. The maximum absolute atomic E-state index is 14.2. The van der Waals surface area contributed by atoms with Crippen molar-refractivity contribution in [2.45, 2.75) is 65.3 Å². The smallest absolute Gasteiger partial charge is 0.324 e. The fourth-order valence-electron chi connectivity index (χ4n) is 6.38. The number of nitrogens with zero attached hydrogens (tertiary/aromatic N) is 1. The number of fused-ring (bicyclic) bond motifs is 1. The molecule has 0 aliphatic heterocycles. The van der Waals surface area contributed by atoms with E-state index in [1.165, 1.54) is 10.4 Å². The van der Waals surface area contributed by atoms with E-state index in [0.29, 0.717) is 0 Å². The van der Waals surface area contributed by atoms with Crippen LogP contribution in [0.25, 0.3) is 0 Å². The van der Waals surface area contributed by atoms with Gasteiger partial charge in [0, 0.05) is 0 Å². The summed E-state index contributed by atoms with van der Waals surface area (Å²) in [4.78, 5) is 33.6. The second-order valence-electron chi connectivity index (χ2n) is 13.9. The fraction of sp³-hybridized carbons (Fsp3) is 0.324. The lowest BCUT2D eigenvalue weighted by Gasteiger charge is -2.29. The maximum Gasteiger partial charge on any atom is 0.324 e. The largest absolute Gasteiger partial charge is 0.497 e. The number of hydrogen-bond acceptors (Lipinski definition) is 6. The number of carbonyl (C=O) groups is 2. The van der Waals surface area contributed by atoms with E-state index in [0.717, 1.165) is 39.4 Å². The fourth-order valence-corrected chi connectivity index (χ4v) is 10.6. The van der Waals surface area contributed by atoms with Crippen LogP contribution in [0.15, 0.2) is 111 Å². The van der Waals surface area contributed by atoms with Crippen LogP contribution in [-0.2, 0) is 32.3 Å². The molecule has 0 spiro atoms. The van der Waals surface area contributed by atoms with Crippen LogP contribution in [0.5, 0.6) is 5.75 Å². The first-order valence-electron chi connectivity index (χ1n) is 15.5. The summed E-state index contributed by atoms with van der Waals surface area (Å²) in [6.45, 7) is 14.1. The van der Waals surface area contributed by atoms with Gasteiger partial charge in [-0.25, -0.2) is 4.99 Å². The van der Waals surface area contributed by atoms with Gasteiger partial charge in [0.1, 0.15) is 19.0 Å². The molecular formula is C37H43NO5Si2. The average Bonchev–Trinajstić information content (AvgIpc) is 3.53. The average molecular weight is 638 g/mol. The third-order valence-electron chi connectivity index (χ3n) is 8.42. The maximum atomic E-state index is 14.2. The lowest BCUT2D eigenvalue weighted by Crippen LogP contribution is -2.41. The molecule has 0 N–H and O–H groups in total. The number of aliphatic imine (C=N–C) groups is 1. The number of benzene rings is 3. The second kappa shape index (κ2) is 12.8. The molecule has 0 bridgehead atoms. The van der Waals surface area contributed by atoms with Gasteiger partial charge in [0.25, 0.3) is 0 Å². The molecule has 2 aliphatic rings. The molecule has 8 heteroatoms. The number of methoxy groups -OCH3 is 1. The van der Waals surface area contributed by atoms with Gasteiger partial charge >= 0.3 is 11.9 Å². The van der Waals surface area contributed by atoms with Gasteiger partial charge in [0.2, 0.25) is 0 Å². The van der Waals surface area contributed by atoms with Crippen molar-refractivity contribution < 1.29 is 23.8 Å². The molecule has 1 fully saturated rings. The Kier molecular flexibility index (Phi) is 9.19. The van der Waals surface area contributed by atoms with Gasteiger partial charge in [-0.1, -0.05) is 99.9 Å². The van der Waals surface area contributed by atoms with Crippen molar-refractivity contribution in [2.75, 3.05) is 7.11 Å². The quantitative estimate of drug-likeness (QED) is 0.127. The van der Waals surface area contributed by atoms with E-state index in [2.05, 4.69) is 39.3 Å². The van der Waals surface area contributed by atoms with Crippen molar-refractivity contribution in [2.24, 2.45) is 10.4 Å². The zero-order valence-corrected chi connectivity index (χ0v) is 29.4. The summed E-state index contributed by atoms with van der Waals surface area (Å²) in [5.41, 5.74) is 4.35. The van der Waals surface area contributed by atoms with E-state index in [9.17, 15) is 9.59 Å². The van der Waals surface area contributed by atoms with Crippen molar-refractivity contribution in [3.63, 3.8) is 0 Å². The van der Waals surface area contributed by atoms with E-state index in [1.54, 1.807) is 7.11 Å². The van der Waals surface area contributed by atoms with Crippen LogP contribution >= 0.6 is 0 Å². The molecule has 1 saturated carbocycles. The first-order valence-corrected chi connectivity index (χ1v) is 22.5. The Hall–Kier alpha value is -4.02. The summed E-state index contributed by atoms with van der Waals surface area (Å²) in [5, 5.41) is 2.44. The van der Waals surface area contributed by atoms with Crippen molar-refractivity contribution in [1.82, 2.24) is 0 Å². The number of allylic oxidation sites excluding steroid dienone is 4. The zero-order chi connectivity index (χ0) is 32.4. The van der Waals surface area contributed by atoms with Crippen LogP contribution in [0.3, 0.4) is 0 Å². The molecule has 0 saturated heterocycles. The van der Waals surface area contributed by atoms with Crippen LogP contribution < -0.4 is 4.74 Å². The van der Waals surface area contributed by atoms with E-state index in [4.69, 9.17) is 19.2 Å². The molecule has 0 aromatic heterocycles. The number of hydrogen-bond donors (Lipinski definition) is 0. The van der Waals surface area contributed by atoms with Crippen molar-refractivity contribution in [1.29, 1.82) is 0 Å². The molecule has 2 aliphatic carbocycles. The normalized spacial score (nSPS) is 16.0. The SMILES string of the molecule is COc1ccc(N=C2C([Si](C)(C)C)=C3CC(C(=O)OCc4ccccc4)(C(=O)OCc4ccccc4)CC3=C2[Si](C)(C)C)cc1. The third kappa shape index (κ3) is 6.82. The Labute approximate surface area is 268 Å². The van der Waals surface area contributed by atoms with Gasteiger partial charge in [0.05, 0.1) is 34.7 Å². The second-order valence-corrected chi connectivity index (χ2v) is 23.9. The van der Waals surface area contributed by atoms with Gasteiger partial charge in [-0.15, -0.1) is 0 Å². The van der Waals surface area contributed by atoms with Crippen molar-refractivity contribution >= 4 is 39.5 Å². The molecule has 0 atom stereocenters. The summed E-state index contributed by atoms with van der Waals surface area (Å²) in [7, 11) is -2.42. The predicted molar refractivity (Wildman–Crippen MR) is 185 cm³/mol. The molecule has 0 amide bonds. The van der Waals surface area contributed by atoms with Crippen LogP contribution in [0.1, 0.15) is 24.0 Å². The van der Waals surface area contributed by atoms with Gasteiger partial charge < -0.3 is 14.2 Å². The summed E-state index contributed by atoms with van der Waals surface area (Å²) in [6.07, 6.45) is 0.498. The van der Waals surface area contributed by atoms with Gasteiger partial charge in [-0.3, -0.25) is 9.59 Å². The molecule has 0 heterocycles. The van der Waals surface area contributed by atoms with Crippen molar-refractivity contribution in [3.05, 3.63) is 118 Å². The Morgan fingerprint density at radius 2 is 1.09 bits per heavy atom. The van der Waals surface area contributed by atoms with Crippen LogP contribution in [-0.4, -0.2) is 40.9 Å². The van der Waals surface area contributed by atoms with Crippen LogP contribution in [0.2, 0.25) is 39.3 Å². The number of rotatable bonds is 10. The molecule has 0 unspecified atom stereocenters. The number of carbonyl (C=O) groups excluding carboxylic acids is 2. The highest BCUT2D eigenvalue weighted by molar-refractivity contribution is 6.95. The Bertz CT molecular complexity index is 1560. The molecule has 45 heavy (non-hydrogen) atoms. The van der Waals surface area contributed by atoms with Gasteiger partial charge in [-0.2, -0.15) is 0 Å². The van der Waals surface area contributed by atoms with E-state index >= 15 is 0 Å². The third-order valence-corrected chi connectivity index (χ3v) is 12.5.